The number of ketones is 2. The van der Waals surface area contributed by atoms with Crippen LogP contribution in [0.5, 0.6) is 0 Å². The second kappa shape index (κ2) is 31.3. The maximum Gasteiger partial charge on any atom is 0.412 e. The number of aliphatic hydroxyl groups is 1. The fourth-order valence-electron chi connectivity index (χ4n) is 10.4. The quantitative estimate of drug-likeness (QED) is 0.0215. The number of Topliss-reactive ketones (excluding diaryl/α,β-unsaturated/α-hetero) is 2. The molecule has 2 aromatic rings. The number of rotatable bonds is 24. The van der Waals surface area contributed by atoms with E-state index in [0.717, 1.165) is 16.7 Å². The van der Waals surface area contributed by atoms with E-state index in [4.69, 9.17) is 52.6 Å². The largest absolute Gasteiger partial charge is 0.465 e. The van der Waals surface area contributed by atoms with Crippen molar-refractivity contribution < 1.29 is 67.1 Å². The summed E-state index contributed by atoms with van der Waals surface area (Å²) in [7, 11) is 3.04. The predicted molar refractivity (Wildman–Crippen MR) is 319 cm³/mol. The summed E-state index contributed by atoms with van der Waals surface area (Å²) in [5.41, 5.74) is 5.89. The summed E-state index contributed by atoms with van der Waals surface area (Å²) in [6.45, 7) is 11.3. The molecule has 82 heavy (non-hydrogen) atoms. The van der Waals surface area contributed by atoms with Gasteiger partial charge in [0, 0.05) is 68.9 Å². The highest BCUT2D eigenvalue weighted by Crippen LogP contribution is 2.50. The van der Waals surface area contributed by atoms with Crippen molar-refractivity contribution in [2.24, 2.45) is 29.4 Å². The summed E-state index contributed by atoms with van der Waals surface area (Å²) in [4.78, 5) is 108. The third-order valence-electron chi connectivity index (χ3n) is 15.4. The van der Waals surface area contributed by atoms with E-state index in [2.05, 4.69) is 47.8 Å². The Balaban J connectivity index is 1.30. The molecule has 5 rings (SSSR count). The first-order valence-corrected chi connectivity index (χ1v) is 30.7. The molecule has 452 valence electrons. The number of alkyl halides is 2. The van der Waals surface area contributed by atoms with Crippen molar-refractivity contribution in [1.82, 2.24) is 10.6 Å². The standard InChI is InChI=1S/C59H79Br2Cl2N5O14/c1-33(2)41(27-40(69)15-10-9-11-21-79-55(74)39(31-60)32-61)54(73)66-44(16-13-20-65-56(64)75)46(70)26-37-18-19-43(42(62)24-37)67-57(76)81-49-28-50(71)68(7)45-25-38(23-35(4)52(45)63)22-34(3)14-12-17-48(78-8)59(77)29-47(80-51(72)30-59)36(5)53-58(49,6)82-53/h12,14,17-19,23-25,33,36,39,41,44,47-49,53,77H,9-11,13,15-16,20-22,26-32H2,1-8H3,(H,66,73)(H,67,76)(H3,64,65,75)/b17-12+,34-14+/t36-,41+,44+,47+,48-,49+,53+,58+,59-/m1/s1. The smallest absolute Gasteiger partial charge is 0.412 e. The average molecular weight is 1310 g/mol. The fourth-order valence-corrected chi connectivity index (χ4v) is 12.5. The summed E-state index contributed by atoms with van der Waals surface area (Å²) in [6.07, 6.45) is 2.72. The minimum absolute atomic E-state index is 0.00523. The van der Waals surface area contributed by atoms with Gasteiger partial charge in [0.2, 0.25) is 11.8 Å². The van der Waals surface area contributed by atoms with Crippen molar-refractivity contribution in [1.29, 1.82) is 0 Å². The second-order valence-corrected chi connectivity index (χ2v) is 24.4. The number of nitrogens with two attached hydrogens (primary N) is 1. The number of halogens is 4. The molecule has 0 aromatic heterocycles. The van der Waals surface area contributed by atoms with Crippen LogP contribution in [0.25, 0.3) is 0 Å². The Labute approximate surface area is 507 Å². The fraction of sp³-hybridized carbons (Fsp3) is 0.593. The number of ether oxygens (including phenoxy) is 5. The van der Waals surface area contributed by atoms with Gasteiger partial charge in [0.15, 0.2) is 5.78 Å². The molecule has 3 aliphatic rings. The number of urea groups is 1. The van der Waals surface area contributed by atoms with Gasteiger partial charge in [0.05, 0.1) is 58.9 Å². The monoisotopic (exact) mass is 1310 g/mol. The molecule has 23 heteroatoms. The minimum Gasteiger partial charge on any atom is -0.465 e. The van der Waals surface area contributed by atoms with Crippen molar-refractivity contribution in [3.63, 3.8) is 0 Å². The Hall–Kier alpha value is -4.90. The van der Waals surface area contributed by atoms with Crippen molar-refractivity contribution in [2.45, 2.75) is 160 Å². The van der Waals surface area contributed by atoms with Gasteiger partial charge in [-0.2, -0.15) is 0 Å². The molecule has 0 saturated carbocycles. The molecular weight excluding hydrogens is 1230 g/mol. The number of amides is 5. The highest BCUT2D eigenvalue weighted by molar-refractivity contribution is 9.09. The number of allylic oxidation sites excluding steroid dienone is 3. The van der Waals surface area contributed by atoms with Crippen LogP contribution in [0.2, 0.25) is 10.0 Å². The first kappa shape index (κ1) is 67.9. The summed E-state index contributed by atoms with van der Waals surface area (Å²) in [6, 6.07) is 6.54. The highest BCUT2D eigenvalue weighted by Gasteiger charge is 2.64. The van der Waals surface area contributed by atoms with E-state index in [1.807, 2.05) is 45.9 Å². The molecule has 3 aliphatic heterocycles. The van der Waals surface area contributed by atoms with Crippen LogP contribution in [-0.4, -0.2) is 132 Å². The third-order valence-corrected chi connectivity index (χ3v) is 17.8. The van der Waals surface area contributed by atoms with E-state index < -0.39 is 83.4 Å². The molecular formula is C59H79Br2Cl2N5O14. The van der Waals surface area contributed by atoms with E-state index in [9.17, 15) is 43.5 Å². The van der Waals surface area contributed by atoms with E-state index in [1.165, 1.54) is 24.1 Å². The number of epoxide rings is 1. The summed E-state index contributed by atoms with van der Waals surface area (Å²) >= 11 is 20.2. The number of carbonyl (C=O) groups excluding carboxylic acids is 8. The van der Waals surface area contributed by atoms with Crippen LogP contribution in [0.15, 0.2) is 54.1 Å². The number of nitrogens with one attached hydrogen (secondary N) is 3. The van der Waals surface area contributed by atoms with Gasteiger partial charge in [-0.25, -0.2) is 9.59 Å². The number of carbonyl (C=O) groups is 8. The van der Waals surface area contributed by atoms with Gasteiger partial charge in [-0.1, -0.05) is 112 Å². The van der Waals surface area contributed by atoms with Gasteiger partial charge in [-0.05, 0) is 100 Å². The minimum atomic E-state index is -1.63. The molecule has 2 saturated heterocycles. The van der Waals surface area contributed by atoms with Crippen molar-refractivity contribution in [3.8, 4) is 0 Å². The van der Waals surface area contributed by atoms with Crippen molar-refractivity contribution in [3.05, 3.63) is 80.9 Å². The zero-order valence-electron chi connectivity index (χ0n) is 47.9. The first-order chi connectivity index (χ1) is 38.7. The third kappa shape index (κ3) is 19.1. The van der Waals surface area contributed by atoms with Crippen LogP contribution < -0.4 is 26.6 Å². The van der Waals surface area contributed by atoms with Crippen LogP contribution in [0.3, 0.4) is 0 Å². The van der Waals surface area contributed by atoms with E-state index in [-0.39, 0.29) is 105 Å². The van der Waals surface area contributed by atoms with E-state index in [0.29, 0.717) is 52.6 Å². The molecule has 3 heterocycles. The number of methoxy groups -OCH3 is 1. The lowest BCUT2D eigenvalue weighted by Crippen LogP contribution is -2.53. The molecule has 19 nitrogen and oxygen atoms in total. The van der Waals surface area contributed by atoms with Crippen LogP contribution in [-0.2, 0) is 65.3 Å². The molecule has 5 amide bonds. The molecule has 9 atom stereocenters. The number of unbranched alkanes of at least 4 members (excludes halogenated alkanes) is 2. The topological polar surface area (TPSA) is 272 Å². The van der Waals surface area contributed by atoms with E-state index in [1.54, 1.807) is 39.1 Å². The van der Waals surface area contributed by atoms with E-state index >= 15 is 0 Å². The van der Waals surface area contributed by atoms with Crippen LogP contribution in [0, 0.1) is 30.6 Å². The zero-order chi connectivity index (χ0) is 60.6. The average Bonchev–Trinajstić information content (AvgIpc) is 3.51. The first-order valence-electron chi connectivity index (χ1n) is 27.7. The SMILES string of the molecule is CO[C@@H]1/C=C/C=C(\C)Cc2cc(C)c(Cl)c(c2)N(C)C(=O)C[C@H](OC(=O)Nc2ccc(CC(=O)[C@H](CCCNC(N)=O)NC(=O)[C@@H](CC(=O)CCCCCOC(=O)C(CBr)CBr)C(C)C)cc2Cl)[C@]2(C)O[C@H]2[C@H](C)[C@@H]2C[C@@]1(O)CC(=O)O2. The van der Waals surface area contributed by atoms with Crippen LogP contribution in [0.4, 0.5) is 21.0 Å². The number of esters is 2. The predicted octanol–water partition coefficient (Wildman–Crippen LogP) is 9.36. The molecule has 2 fully saturated rings. The van der Waals surface area contributed by atoms with Crippen LogP contribution in [0.1, 0.15) is 116 Å². The Kier molecular flexibility index (Phi) is 25.9. The molecule has 4 bridgehead atoms. The lowest BCUT2D eigenvalue weighted by atomic mass is 9.78. The maximum atomic E-state index is 14.4. The van der Waals surface area contributed by atoms with Gasteiger partial charge in [-0.15, -0.1) is 0 Å². The second-order valence-electron chi connectivity index (χ2n) is 22.3. The highest BCUT2D eigenvalue weighted by atomic mass is 79.9. The number of nitrogens with zero attached hydrogens (tertiary/aromatic N) is 1. The normalized spacial score (nSPS) is 24.7. The molecule has 0 spiro atoms. The zero-order valence-corrected chi connectivity index (χ0v) is 52.6. The van der Waals surface area contributed by atoms with Crippen LogP contribution >= 0.6 is 55.1 Å². The Morgan fingerprint density at radius 1 is 1.01 bits per heavy atom. The maximum absolute atomic E-state index is 14.4. The Morgan fingerprint density at radius 2 is 1.73 bits per heavy atom. The van der Waals surface area contributed by atoms with Gasteiger partial charge in [0.1, 0.15) is 35.3 Å². The molecule has 6 N–H and O–H groups in total. The lowest BCUT2D eigenvalue weighted by molar-refractivity contribution is -0.187. The molecule has 2 aromatic carbocycles. The van der Waals surface area contributed by atoms with Gasteiger partial charge in [0.25, 0.3) is 0 Å². The summed E-state index contributed by atoms with van der Waals surface area (Å²) in [5.74, 6) is -4.19. The number of fused-ring (bicyclic) bond motifs is 5. The molecule has 0 unspecified atom stereocenters. The summed E-state index contributed by atoms with van der Waals surface area (Å²) < 4.78 is 29.3. The lowest BCUT2D eigenvalue weighted by Gasteiger charge is -2.41. The molecule has 0 aliphatic carbocycles. The number of benzene rings is 2. The van der Waals surface area contributed by atoms with Crippen molar-refractivity contribution >= 4 is 114 Å². The summed E-state index contributed by atoms with van der Waals surface area (Å²) in [5, 5.41) is 21.4. The van der Waals surface area contributed by atoms with Crippen molar-refractivity contribution in [2.75, 3.05) is 48.2 Å². The van der Waals surface area contributed by atoms with Gasteiger partial charge in [-0.3, -0.25) is 34.1 Å². The number of hydrogen-bond acceptors (Lipinski definition) is 14. The van der Waals surface area contributed by atoms with Gasteiger partial charge >= 0.3 is 24.1 Å². The number of hydrogen-bond donors (Lipinski definition) is 5. The number of primary amides is 1. The van der Waals surface area contributed by atoms with Gasteiger partial charge < -0.3 is 50.1 Å². The Bertz CT molecular complexity index is 2710. The number of anilines is 2. The molecule has 0 radical (unpaired) electrons. The Morgan fingerprint density at radius 3 is 2.39 bits per heavy atom. The number of aryl methyl sites for hydroxylation is 1.